The number of amides is 1. The van der Waals surface area contributed by atoms with Gasteiger partial charge in [0, 0.05) is 23.6 Å². The van der Waals surface area contributed by atoms with Gasteiger partial charge in [0.2, 0.25) is 0 Å². The number of carbonyl (C=O) groups is 2. The topological polar surface area (TPSA) is 81.5 Å². The molecule has 0 fully saturated rings. The van der Waals surface area contributed by atoms with Crippen molar-refractivity contribution >= 4 is 38.9 Å². The molecule has 4 aromatic rings. The molecule has 2 aromatic heterocycles. The van der Waals surface area contributed by atoms with E-state index in [9.17, 15) is 14.4 Å². The summed E-state index contributed by atoms with van der Waals surface area (Å²) in [6, 6.07) is 11.1. The van der Waals surface area contributed by atoms with E-state index in [1.54, 1.807) is 32.2 Å². The maximum absolute atomic E-state index is 13.4. The van der Waals surface area contributed by atoms with Gasteiger partial charge in [-0.15, -0.1) is 11.3 Å². The highest BCUT2D eigenvalue weighted by atomic mass is 32.1. The lowest BCUT2D eigenvalue weighted by Crippen LogP contribution is -2.42. The zero-order valence-electron chi connectivity index (χ0n) is 19.3. The summed E-state index contributed by atoms with van der Waals surface area (Å²) in [5, 5.41) is 2.45. The molecule has 0 radical (unpaired) electrons. The number of carbonyl (C=O) groups excluding carboxylic acids is 2. The molecule has 2 aromatic carbocycles. The van der Waals surface area contributed by atoms with Crippen LogP contribution < -0.4 is 15.2 Å². The summed E-state index contributed by atoms with van der Waals surface area (Å²) in [6.45, 7) is 5.62. The number of benzene rings is 2. The van der Waals surface area contributed by atoms with Crippen LogP contribution in [0.5, 0.6) is 5.75 Å². The van der Waals surface area contributed by atoms with Gasteiger partial charge in [-0.05, 0) is 55.7 Å². The average molecular weight is 474 g/mol. The number of ketones is 1. The fraction of sp³-hybridized carbons (Fsp3) is 0.231. The van der Waals surface area contributed by atoms with Crippen LogP contribution in [0.2, 0.25) is 0 Å². The Labute approximate surface area is 200 Å². The van der Waals surface area contributed by atoms with Crippen LogP contribution in [0.15, 0.2) is 52.9 Å². The number of hydrogen-bond donors (Lipinski definition) is 0. The number of rotatable bonds is 4. The van der Waals surface area contributed by atoms with Crippen LogP contribution in [0, 0.1) is 13.8 Å². The molecule has 0 saturated heterocycles. The van der Waals surface area contributed by atoms with Crippen molar-refractivity contribution in [1.29, 1.82) is 0 Å². The molecule has 7 nitrogen and oxygen atoms in total. The lowest BCUT2D eigenvalue weighted by atomic mass is 10.0. The highest BCUT2D eigenvalue weighted by Gasteiger charge is 2.29. The zero-order valence-corrected chi connectivity index (χ0v) is 20.1. The van der Waals surface area contributed by atoms with E-state index < -0.39 is 6.10 Å². The van der Waals surface area contributed by atoms with Gasteiger partial charge in [-0.3, -0.25) is 19.0 Å². The largest absolute Gasteiger partial charge is 0.479 e. The SMILES string of the molecule is Cc1ccc(-c2csc3ncn(CC(=O)c4ccc5c(c4)N(C)C(=O)C(C)O5)c(=O)c23)cc1C. The van der Waals surface area contributed by atoms with Crippen molar-refractivity contribution in [2.45, 2.75) is 33.4 Å². The molecule has 0 bridgehead atoms. The molecule has 0 N–H and O–H groups in total. The lowest BCUT2D eigenvalue weighted by molar-refractivity contribution is -0.125. The Hall–Kier alpha value is -3.78. The van der Waals surface area contributed by atoms with Crippen molar-refractivity contribution in [3.63, 3.8) is 0 Å². The standard InChI is InChI=1S/C26H23N3O4S/c1-14-5-6-17(9-15(14)2)19-12-34-24-23(19)26(32)29(13-27-24)11-21(30)18-7-8-22-20(10-18)28(4)25(31)16(3)33-22/h5-10,12-13,16H,11H2,1-4H3. The summed E-state index contributed by atoms with van der Waals surface area (Å²) in [5.74, 6) is 0.107. The molecule has 1 aliphatic heterocycles. The highest BCUT2D eigenvalue weighted by Crippen LogP contribution is 2.34. The van der Waals surface area contributed by atoms with E-state index in [4.69, 9.17) is 4.74 Å². The first-order valence-corrected chi connectivity index (χ1v) is 11.8. The van der Waals surface area contributed by atoms with Crippen molar-refractivity contribution in [2.24, 2.45) is 0 Å². The number of hydrogen-bond acceptors (Lipinski definition) is 6. The minimum atomic E-state index is -0.576. The third-order valence-corrected chi connectivity index (χ3v) is 7.20. The average Bonchev–Trinajstić information content (AvgIpc) is 3.26. The van der Waals surface area contributed by atoms with E-state index >= 15 is 0 Å². The van der Waals surface area contributed by atoms with Crippen LogP contribution in [0.1, 0.15) is 28.4 Å². The van der Waals surface area contributed by atoms with Gasteiger partial charge in [-0.25, -0.2) is 4.98 Å². The molecule has 8 heteroatoms. The fourth-order valence-electron chi connectivity index (χ4n) is 4.13. The van der Waals surface area contributed by atoms with E-state index in [2.05, 4.69) is 11.1 Å². The Morgan fingerprint density at radius 2 is 1.91 bits per heavy atom. The highest BCUT2D eigenvalue weighted by molar-refractivity contribution is 7.17. The van der Waals surface area contributed by atoms with E-state index in [0.29, 0.717) is 27.2 Å². The Balaban J connectivity index is 1.50. The van der Waals surface area contributed by atoms with Crippen molar-refractivity contribution in [3.8, 4) is 16.9 Å². The first-order valence-electron chi connectivity index (χ1n) is 10.9. The van der Waals surface area contributed by atoms with Crippen molar-refractivity contribution in [1.82, 2.24) is 9.55 Å². The quantitative estimate of drug-likeness (QED) is 0.411. The summed E-state index contributed by atoms with van der Waals surface area (Å²) in [4.78, 5) is 45.3. The molecule has 5 rings (SSSR count). The predicted octanol–water partition coefficient (Wildman–Crippen LogP) is 4.37. The van der Waals surface area contributed by atoms with Gasteiger partial charge in [0.15, 0.2) is 11.9 Å². The fourth-order valence-corrected chi connectivity index (χ4v) is 5.04. The Morgan fingerprint density at radius 1 is 1.12 bits per heavy atom. The second-order valence-electron chi connectivity index (χ2n) is 8.57. The van der Waals surface area contributed by atoms with Crippen molar-refractivity contribution in [3.05, 3.63) is 75.1 Å². The number of aryl methyl sites for hydroxylation is 2. The lowest BCUT2D eigenvalue weighted by Gasteiger charge is -2.30. The molecular weight excluding hydrogens is 450 g/mol. The first-order chi connectivity index (χ1) is 16.2. The van der Waals surface area contributed by atoms with E-state index in [-0.39, 0.29) is 23.8 Å². The third-order valence-electron chi connectivity index (χ3n) is 6.32. The maximum Gasteiger partial charge on any atom is 0.267 e. The van der Waals surface area contributed by atoms with Gasteiger partial charge in [-0.2, -0.15) is 0 Å². The van der Waals surface area contributed by atoms with Crippen LogP contribution in [-0.2, 0) is 11.3 Å². The van der Waals surface area contributed by atoms with Crippen molar-refractivity contribution < 1.29 is 14.3 Å². The summed E-state index contributed by atoms with van der Waals surface area (Å²) in [5.41, 5.74) is 4.77. The third kappa shape index (κ3) is 3.60. The van der Waals surface area contributed by atoms with E-state index in [1.165, 1.54) is 32.7 Å². The first kappa shape index (κ1) is 22.0. The Bertz CT molecular complexity index is 1540. The van der Waals surface area contributed by atoms with Gasteiger partial charge < -0.3 is 9.64 Å². The number of anilines is 1. The van der Waals surface area contributed by atoms with Gasteiger partial charge in [-0.1, -0.05) is 18.2 Å². The number of likely N-dealkylation sites (N-methyl/N-ethyl adjacent to an activating group) is 1. The van der Waals surface area contributed by atoms with Crippen LogP contribution in [0.25, 0.3) is 21.3 Å². The summed E-state index contributed by atoms with van der Waals surface area (Å²) in [6.07, 6.45) is 0.842. The second-order valence-corrected chi connectivity index (χ2v) is 9.43. The van der Waals surface area contributed by atoms with E-state index in [0.717, 1.165) is 16.7 Å². The molecule has 1 aliphatic rings. The molecule has 0 spiro atoms. The van der Waals surface area contributed by atoms with Gasteiger partial charge in [0.1, 0.15) is 10.6 Å². The molecule has 34 heavy (non-hydrogen) atoms. The minimum absolute atomic E-state index is 0.155. The number of fused-ring (bicyclic) bond motifs is 2. The zero-order chi connectivity index (χ0) is 24.1. The monoisotopic (exact) mass is 473 g/mol. The molecule has 1 unspecified atom stereocenters. The van der Waals surface area contributed by atoms with E-state index in [1.807, 2.05) is 31.4 Å². The smallest absolute Gasteiger partial charge is 0.267 e. The molecule has 0 saturated carbocycles. The minimum Gasteiger partial charge on any atom is -0.479 e. The summed E-state index contributed by atoms with van der Waals surface area (Å²) < 4.78 is 6.97. The molecule has 1 atom stereocenters. The number of thiophene rings is 1. The summed E-state index contributed by atoms with van der Waals surface area (Å²) >= 11 is 1.41. The van der Waals surface area contributed by atoms with Gasteiger partial charge in [0.25, 0.3) is 11.5 Å². The van der Waals surface area contributed by atoms with Crippen LogP contribution in [-0.4, -0.2) is 34.4 Å². The van der Waals surface area contributed by atoms with Crippen molar-refractivity contribution in [2.75, 3.05) is 11.9 Å². The Kier molecular flexibility index (Phi) is 5.32. The van der Waals surface area contributed by atoms with Crippen LogP contribution >= 0.6 is 11.3 Å². The molecule has 0 aliphatic carbocycles. The molecule has 3 heterocycles. The molecule has 172 valence electrons. The number of nitrogens with zero attached hydrogens (tertiary/aromatic N) is 3. The van der Waals surface area contributed by atoms with Gasteiger partial charge in [0.05, 0.1) is 23.9 Å². The second kappa shape index (κ2) is 8.22. The molecular formula is C26H23N3O4S. The molecule has 1 amide bonds. The number of Topliss-reactive ketones (excluding diaryl/α,β-unsaturated/α-hetero) is 1. The van der Waals surface area contributed by atoms with Crippen LogP contribution in [0.3, 0.4) is 0 Å². The maximum atomic E-state index is 13.4. The van der Waals surface area contributed by atoms with Gasteiger partial charge >= 0.3 is 0 Å². The normalized spacial score (nSPS) is 15.4. The Morgan fingerprint density at radius 3 is 2.68 bits per heavy atom. The number of aromatic nitrogens is 2. The summed E-state index contributed by atoms with van der Waals surface area (Å²) in [7, 11) is 1.65. The van der Waals surface area contributed by atoms with Crippen LogP contribution in [0.4, 0.5) is 5.69 Å². The predicted molar refractivity (Wildman–Crippen MR) is 133 cm³/mol. The number of ether oxygens (including phenoxy) is 1.